The summed E-state index contributed by atoms with van der Waals surface area (Å²) in [7, 11) is 0. The third-order valence-corrected chi connectivity index (χ3v) is 2.47. The number of rotatable bonds is 5. The van der Waals surface area contributed by atoms with Crippen molar-refractivity contribution in [2.24, 2.45) is 5.92 Å². The van der Waals surface area contributed by atoms with Gasteiger partial charge in [-0.2, -0.15) is 0 Å². The quantitative estimate of drug-likeness (QED) is 0.553. The summed E-state index contributed by atoms with van der Waals surface area (Å²) in [5.74, 6) is 0.656. The third-order valence-electron chi connectivity index (χ3n) is 2.47. The number of hydrogen-bond donors (Lipinski definition) is 0. The molecular formula is C14H22. The molecule has 0 radical (unpaired) electrons. The van der Waals surface area contributed by atoms with Gasteiger partial charge in [-0.05, 0) is 30.9 Å². The third kappa shape index (κ3) is 4.86. The molecular weight excluding hydrogens is 168 g/mol. The second-order valence-electron chi connectivity index (χ2n) is 3.57. The Morgan fingerprint density at radius 1 is 1.43 bits per heavy atom. The van der Waals surface area contributed by atoms with Crippen LogP contribution in [-0.4, -0.2) is 0 Å². The summed E-state index contributed by atoms with van der Waals surface area (Å²) in [4.78, 5) is 0. The van der Waals surface area contributed by atoms with Crippen LogP contribution in [0, 0.1) is 5.92 Å². The van der Waals surface area contributed by atoms with E-state index >= 15 is 0 Å². The van der Waals surface area contributed by atoms with E-state index in [-0.39, 0.29) is 0 Å². The Labute approximate surface area is 88.7 Å². The maximum Gasteiger partial charge on any atom is -0.0237 e. The zero-order chi connectivity index (χ0) is 11.0. The Morgan fingerprint density at radius 3 is 2.50 bits per heavy atom. The predicted molar refractivity (Wildman–Crippen MR) is 66.3 cm³/mol. The first-order valence-electron chi connectivity index (χ1n) is 5.29. The lowest BCUT2D eigenvalue weighted by Crippen LogP contribution is -1.84. The average molecular weight is 190 g/mol. The van der Waals surface area contributed by atoms with Gasteiger partial charge in [0.15, 0.2) is 0 Å². The highest BCUT2D eigenvalue weighted by atomic mass is 14.0. The van der Waals surface area contributed by atoms with Crippen LogP contribution in [0.4, 0.5) is 0 Å². The normalized spacial score (nSPS) is 16.0. The Balaban J connectivity index is 4.47. The lowest BCUT2D eigenvalue weighted by molar-refractivity contribution is 0.698. The topological polar surface area (TPSA) is 0 Å². The Hall–Kier alpha value is -1.04. The first kappa shape index (κ1) is 13.0. The molecule has 0 nitrogen and oxygen atoms in total. The smallest absolute Gasteiger partial charge is 0.0237 e. The molecule has 14 heavy (non-hydrogen) atoms. The lowest BCUT2D eigenvalue weighted by Gasteiger charge is -2.00. The van der Waals surface area contributed by atoms with E-state index in [1.54, 1.807) is 0 Å². The van der Waals surface area contributed by atoms with Crippen molar-refractivity contribution < 1.29 is 0 Å². The summed E-state index contributed by atoms with van der Waals surface area (Å²) in [5.41, 5.74) is 2.47. The van der Waals surface area contributed by atoms with Crippen molar-refractivity contribution in [2.75, 3.05) is 0 Å². The molecule has 0 aromatic carbocycles. The molecule has 0 spiro atoms. The molecule has 0 aromatic rings. The van der Waals surface area contributed by atoms with Crippen molar-refractivity contribution in [3.8, 4) is 0 Å². The second kappa shape index (κ2) is 7.37. The number of hydrogen-bond acceptors (Lipinski definition) is 0. The second-order valence-corrected chi connectivity index (χ2v) is 3.57. The van der Waals surface area contributed by atoms with Crippen molar-refractivity contribution in [2.45, 2.75) is 34.1 Å². The van der Waals surface area contributed by atoms with Gasteiger partial charge in [-0.15, -0.1) is 0 Å². The molecule has 0 saturated carbocycles. The van der Waals surface area contributed by atoms with Crippen molar-refractivity contribution in [3.63, 3.8) is 0 Å². The van der Waals surface area contributed by atoms with Gasteiger partial charge in [0.05, 0.1) is 0 Å². The summed E-state index contributed by atoms with van der Waals surface area (Å²) in [6.07, 6.45) is 11.7. The van der Waals surface area contributed by atoms with Crippen molar-refractivity contribution in [1.82, 2.24) is 0 Å². The standard InChI is InChI=1S/C14H22/c1-6-12(4)10-9-11-14(8-3)13(5)7-2/h7-12H,3,6H2,1-2,4-5H3. The van der Waals surface area contributed by atoms with Crippen LogP contribution in [0.1, 0.15) is 34.1 Å². The minimum Gasteiger partial charge on any atom is -0.0985 e. The van der Waals surface area contributed by atoms with E-state index in [2.05, 4.69) is 51.7 Å². The molecule has 0 aromatic heterocycles. The van der Waals surface area contributed by atoms with Crippen molar-refractivity contribution >= 4 is 0 Å². The van der Waals surface area contributed by atoms with Gasteiger partial charge in [-0.3, -0.25) is 0 Å². The van der Waals surface area contributed by atoms with Crippen molar-refractivity contribution in [1.29, 1.82) is 0 Å². The lowest BCUT2D eigenvalue weighted by atomic mass is 10.1. The van der Waals surface area contributed by atoms with E-state index in [4.69, 9.17) is 0 Å². The van der Waals surface area contributed by atoms with E-state index in [9.17, 15) is 0 Å². The summed E-state index contributed by atoms with van der Waals surface area (Å²) in [6.45, 7) is 12.4. The van der Waals surface area contributed by atoms with Crippen molar-refractivity contribution in [3.05, 3.63) is 48.1 Å². The van der Waals surface area contributed by atoms with Crippen LogP contribution >= 0.6 is 0 Å². The monoisotopic (exact) mass is 190 g/mol. The molecule has 0 heteroatoms. The Bertz CT molecular complexity index is 251. The molecule has 0 saturated heterocycles. The first-order valence-corrected chi connectivity index (χ1v) is 5.29. The van der Waals surface area contributed by atoms with Crippen LogP contribution in [0.5, 0.6) is 0 Å². The molecule has 78 valence electrons. The van der Waals surface area contributed by atoms with Gasteiger partial charge >= 0.3 is 0 Å². The molecule has 0 bridgehead atoms. The Kier molecular flexibility index (Phi) is 6.82. The highest BCUT2D eigenvalue weighted by Crippen LogP contribution is 2.10. The van der Waals surface area contributed by atoms with E-state index in [1.807, 2.05) is 13.0 Å². The molecule has 0 N–H and O–H groups in total. The molecule has 0 fully saturated rings. The maximum atomic E-state index is 3.80. The summed E-state index contributed by atoms with van der Waals surface area (Å²) < 4.78 is 0. The summed E-state index contributed by atoms with van der Waals surface area (Å²) >= 11 is 0. The highest BCUT2D eigenvalue weighted by Gasteiger charge is 1.92. The van der Waals surface area contributed by atoms with Crippen LogP contribution < -0.4 is 0 Å². The van der Waals surface area contributed by atoms with Crippen LogP contribution in [-0.2, 0) is 0 Å². The molecule has 0 amide bonds. The SMILES string of the molecule is C=CC(=CC=CC(C)CC)C(C)=CC. The maximum absolute atomic E-state index is 3.80. The van der Waals surface area contributed by atoms with Gasteiger partial charge in [-0.25, -0.2) is 0 Å². The van der Waals surface area contributed by atoms with Crippen LogP contribution in [0.3, 0.4) is 0 Å². The fraction of sp³-hybridized carbons (Fsp3) is 0.429. The average Bonchev–Trinajstić information content (AvgIpc) is 2.22. The van der Waals surface area contributed by atoms with Gasteiger partial charge in [0.1, 0.15) is 0 Å². The zero-order valence-corrected chi connectivity index (χ0v) is 9.88. The molecule has 1 atom stereocenters. The van der Waals surface area contributed by atoms with Crippen LogP contribution in [0.25, 0.3) is 0 Å². The van der Waals surface area contributed by atoms with Crippen LogP contribution in [0.2, 0.25) is 0 Å². The first-order chi connectivity index (χ1) is 6.65. The molecule has 1 unspecified atom stereocenters. The largest absolute Gasteiger partial charge is 0.0985 e. The van der Waals surface area contributed by atoms with Gasteiger partial charge in [0.25, 0.3) is 0 Å². The Morgan fingerprint density at radius 2 is 2.07 bits per heavy atom. The predicted octanol–water partition coefficient (Wildman–Crippen LogP) is 4.67. The van der Waals surface area contributed by atoms with E-state index in [0.717, 1.165) is 0 Å². The van der Waals surface area contributed by atoms with Crippen LogP contribution in [0.15, 0.2) is 48.1 Å². The van der Waals surface area contributed by atoms with Gasteiger partial charge in [-0.1, -0.05) is 57.2 Å². The molecule has 0 rings (SSSR count). The fourth-order valence-corrected chi connectivity index (χ4v) is 1.01. The minimum absolute atomic E-state index is 0.656. The summed E-state index contributed by atoms with van der Waals surface area (Å²) in [6, 6.07) is 0. The summed E-state index contributed by atoms with van der Waals surface area (Å²) in [5, 5.41) is 0. The molecule has 0 aliphatic heterocycles. The van der Waals surface area contributed by atoms with E-state index < -0.39 is 0 Å². The number of allylic oxidation sites excluding steroid dienone is 7. The van der Waals surface area contributed by atoms with Gasteiger partial charge in [0.2, 0.25) is 0 Å². The van der Waals surface area contributed by atoms with Gasteiger partial charge < -0.3 is 0 Å². The molecule has 0 aliphatic carbocycles. The fourth-order valence-electron chi connectivity index (χ4n) is 1.01. The molecule has 0 heterocycles. The van der Waals surface area contributed by atoms with Gasteiger partial charge in [0, 0.05) is 0 Å². The highest BCUT2D eigenvalue weighted by molar-refractivity contribution is 5.39. The van der Waals surface area contributed by atoms with E-state index in [1.165, 1.54) is 17.6 Å². The zero-order valence-electron chi connectivity index (χ0n) is 9.88. The van der Waals surface area contributed by atoms with E-state index in [0.29, 0.717) is 5.92 Å². The minimum atomic E-state index is 0.656. The molecule has 0 aliphatic rings.